The number of fused-ring (bicyclic) bond motifs is 1. The number of thioether (sulfide) groups is 1. The third-order valence-electron chi connectivity index (χ3n) is 7.80. The molecule has 42 heavy (non-hydrogen) atoms. The highest BCUT2D eigenvalue weighted by atomic mass is 32.2. The number of aromatic nitrogens is 8. The van der Waals surface area contributed by atoms with Gasteiger partial charge < -0.3 is 0 Å². The van der Waals surface area contributed by atoms with Crippen molar-refractivity contribution in [2.75, 3.05) is 19.3 Å². The number of benzene rings is 2. The largest absolute Gasteiger partial charge is 0.299 e. The second-order valence-electron chi connectivity index (χ2n) is 10.7. The zero-order valence-corrected chi connectivity index (χ0v) is 24.4. The Morgan fingerprint density at radius 1 is 0.857 bits per heavy atom. The Hall–Kier alpha value is -4.41. The molecule has 0 spiro atoms. The molecule has 10 heteroatoms. The maximum absolute atomic E-state index is 4.95. The van der Waals surface area contributed by atoms with Crippen molar-refractivity contribution in [2.24, 2.45) is 0 Å². The van der Waals surface area contributed by atoms with Crippen LogP contribution in [-0.2, 0) is 6.54 Å². The fourth-order valence-electron chi connectivity index (χ4n) is 5.56. The second kappa shape index (κ2) is 11.5. The van der Waals surface area contributed by atoms with E-state index in [2.05, 4.69) is 66.6 Å². The molecule has 1 fully saturated rings. The third-order valence-corrected chi connectivity index (χ3v) is 8.34. The third kappa shape index (κ3) is 5.43. The molecule has 210 valence electrons. The molecular formula is C32H31N9S. The van der Waals surface area contributed by atoms with Gasteiger partial charge in [0.1, 0.15) is 5.69 Å². The van der Waals surface area contributed by atoms with Gasteiger partial charge in [0, 0.05) is 35.5 Å². The Balaban J connectivity index is 1.05. The Bertz CT molecular complexity index is 1820. The molecule has 1 N–H and O–H groups in total. The van der Waals surface area contributed by atoms with Gasteiger partial charge in [0.15, 0.2) is 11.6 Å². The van der Waals surface area contributed by atoms with Gasteiger partial charge in [-0.3, -0.25) is 10.00 Å². The van der Waals surface area contributed by atoms with Crippen LogP contribution in [0.25, 0.3) is 39.7 Å². The molecular weight excluding hydrogens is 542 g/mol. The molecule has 1 aliphatic rings. The monoisotopic (exact) mass is 573 g/mol. The first-order chi connectivity index (χ1) is 20.6. The van der Waals surface area contributed by atoms with Gasteiger partial charge in [-0.25, -0.2) is 19.5 Å². The number of aryl methyl sites for hydroxylation is 1. The van der Waals surface area contributed by atoms with Gasteiger partial charge in [-0.15, -0.1) is 5.10 Å². The summed E-state index contributed by atoms with van der Waals surface area (Å²) in [7, 11) is 0. The van der Waals surface area contributed by atoms with Gasteiger partial charge in [-0.2, -0.15) is 10.1 Å². The minimum absolute atomic E-state index is 0.361. The molecule has 0 aliphatic carbocycles. The van der Waals surface area contributed by atoms with Crippen LogP contribution >= 0.6 is 11.8 Å². The Morgan fingerprint density at radius 3 is 2.43 bits per heavy atom. The van der Waals surface area contributed by atoms with Gasteiger partial charge in [0.05, 0.1) is 5.69 Å². The zero-order valence-electron chi connectivity index (χ0n) is 23.6. The summed E-state index contributed by atoms with van der Waals surface area (Å²) in [4.78, 5) is 21.4. The predicted octanol–water partition coefficient (Wildman–Crippen LogP) is 6.05. The number of aromatic amines is 1. The number of hydrogen-bond donors (Lipinski definition) is 1. The topological polar surface area (TPSA) is 101 Å². The van der Waals surface area contributed by atoms with Crippen molar-refractivity contribution in [1.82, 2.24) is 44.6 Å². The van der Waals surface area contributed by atoms with Crippen molar-refractivity contribution in [3.8, 4) is 33.9 Å². The Morgan fingerprint density at radius 2 is 1.67 bits per heavy atom. The van der Waals surface area contributed by atoms with E-state index in [4.69, 9.17) is 9.97 Å². The molecule has 7 rings (SSSR count). The van der Waals surface area contributed by atoms with Gasteiger partial charge in [-0.1, -0.05) is 72.4 Å². The van der Waals surface area contributed by atoms with Gasteiger partial charge in [0.25, 0.3) is 5.78 Å². The van der Waals surface area contributed by atoms with Crippen molar-refractivity contribution in [2.45, 2.75) is 37.4 Å². The average molecular weight is 574 g/mol. The SMILES string of the molecule is CSc1nc2nc(-c3ccc(CN4CCC(c5n[nH]c(-c6cccc(C)n6)n5)CC4)cc3)c(-c3ccccc3)cn2n1. The molecule has 4 aromatic heterocycles. The lowest BCUT2D eigenvalue weighted by molar-refractivity contribution is 0.202. The first-order valence-electron chi connectivity index (χ1n) is 14.2. The summed E-state index contributed by atoms with van der Waals surface area (Å²) in [6.45, 7) is 4.93. The van der Waals surface area contributed by atoms with Crippen molar-refractivity contribution in [1.29, 1.82) is 0 Å². The summed E-state index contributed by atoms with van der Waals surface area (Å²) < 4.78 is 1.77. The van der Waals surface area contributed by atoms with Gasteiger partial charge in [0.2, 0.25) is 5.16 Å². The van der Waals surface area contributed by atoms with Crippen LogP contribution in [0.2, 0.25) is 0 Å². The van der Waals surface area contributed by atoms with Gasteiger partial charge in [-0.05, 0) is 62.4 Å². The van der Waals surface area contributed by atoms with Crippen molar-refractivity contribution >= 4 is 17.5 Å². The predicted molar refractivity (Wildman–Crippen MR) is 165 cm³/mol. The smallest absolute Gasteiger partial charge is 0.253 e. The van der Waals surface area contributed by atoms with Crippen LogP contribution in [0.15, 0.2) is 84.1 Å². The van der Waals surface area contributed by atoms with Crippen molar-refractivity contribution in [3.63, 3.8) is 0 Å². The molecule has 9 nitrogen and oxygen atoms in total. The maximum Gasteiger partial charge on any atom is 0.253 e. The summed E-state index contributed by atoms with van der Waals surface area (Å²) in [6.07, 6.45) is 6.09. The highest BCUT2D eigenvalue weighted by molar-refractivity contribution is 7.98. The molecule has 0 amide bonds. The molecule has 0 atom stereocenters. The zero-order chi connectivity index (χ0) is 28.5. The van der Waals surface area contributed by atoms with Crippen LogP contribution in [0.1, 0.15) is 35.8 Å². The highest BCUT2D eigenvalue weighted by Gasteiger charge is 2.24. The molecule has 0 bridgehead atoms. The van der Waals surface area contributed by atoms with Crippen LogP contribution in [0.4, 0.5) is 0 Å². The molecule has 0 radical (unpaired) electrons. The molecule has 5 heterocycles. The number of nitrogens with one attached hydrogen (secondary N) is 1. The Kier molecular flexibility index (Phi) is 7.23. The average Bonchev–Trinajstić information content (AvgIpc) is 3.69. The van der Waals surface area contributed by atoms with Crippen molar-refractivity contribution < 1.29 is 0 Å². The van der Waals surface area contributed by atoms with E-state index in [1.807, 2.05) is 55.8 Å². The van der Waals surface area contributed by atoms with E-state index in [1.54, 1.807) is 4.52 Å². The number of pyridine rings is 1. The van der Waals surface area contributed by atoms with E-state index in [1.165, 1.54) is 17.3 Å². The van der Waals surface area contributed by atoms with Crippen LogP contribution in [0.3, 0.4) is 0 Å². The fraction of sp³-hybridized carbons (Fsp3) is 0.250. The molecule has 0 unspecified atom stereocenters. The van der Waals surface area contributed by atoms with E-state index in [9.17, 15) is 0 Å². The van der Waals surface area contributed by atoms with Crippen LogP contribution < -0.4 is 0 Å². The molecule has 1 aliphatic heterocycles. The van der Waals surface area contributed by atoms with E-state index in [-0.39, 0.29) is 0 Å². The normalized spacial score (nSPS) is 14.5. The minimum atomic E-state index is 0.361. The summed E-state index contributed by atoms with van der Waals surface area (Å²) in [5, 5.41) is 12.9. The lowest BCUT2D eigenvalue weighted by Gasteiger charge is -2.30. The van der Waals surface area contributed by atoms with Crippen molar-refractivity contribution in [3.05, 3.63) is 96.1 Å². The maximum atomic E-state index is 4.95. The highest BCUT2D eigenvalue weighted by Crippen LogP contribution is 2.32. The minimum Gasteiger partial charge on any atom is -0.299 e. The number of hydrogen-bond acceptors (Lipinski definition) is 8. The fourth-order valence-corrected chi connectivity index (χ4v) is 5.90. The second-order valence-corrected chi connectivity index (χ2v) is 11.4. The summed E-state index contributed by atoms with van der Waals surface area (Å²) in [5.41, 5.74) is 7.21. The van der Waals surface area contributed by atoms with Crippen LogP contribution in [0.5, 0.6) is 0 Å². The summed E-state index contributed by atoms with van der Waals surface area (Å²) in [6, 6.07) is 25.1. The Labute approximate surface area is 248 Å². The number of H-pyrrole nitrogens is 1. The van der Waals surface area contributed by atoms with Crippen LogP contribution in [-0.4, -0.2) is 64.0 Å². The number of rotatable bonds is 7. The molecule has 2 aromatic carbocycles. The lowest BCUT2D eigenvalue weighted by Crippen LogP contribution is -2.32. The van der Waals surface area contributed by atoms with Crippen LogP contribution in [0, 0.1) is 6.92 Å². The molecule has 1 saturated heterocycles. The van der Waals surface area contributed by atoms with E-state index in [0.29, 0.717) is 16.9 Å². The standard InChI is InChI=1S/C32H31N9S/c1-21-7-6-10-27(33-21)30-35-29(37-38-30)25-15-17-40(18-16-25)19-22-11-13-24(14-12-22)28-26(23-8-4-3-5-9-23)20-41-31(34-28)36-32(39-41)42-2/h3-14,20,25H,15-19H2,1-2H3,(H,35,37,38). The number of likely N-dealkylation sites (tertiary alicyclic amines) is 1. The number of nitrogens with zero attached hydrogens (tertiary/aromatic N) is 8. The van der Waals surface area contributed by atoms with E-state index < -0.39 is 0 Å². The van der Waals surface area contributed by atoms with E-state index in [0.717, 1.165) is 77.9 Å². The quantitative estimate of drug-likeness (QED) is 0.231. The molecule has 6 aromatic rings. The first kappa shape index (κ1) is 26.5. The number of piperidine rings is 1. The van der Waals surface area contributed by atoms with Gasteiger partial charge >= 0.3 is 0 Å². The molecule has 0 saturated carbocycles. The van der Waals surface area contributed by atoms with E-state index >= 15 is 0 Å². The summed E-state index contributed by atoms with van der Waals surface area (Å²) >= 11 is 1.52. The summed E-state index contributed by atoms with van der Waals surface area (Å²) in [5.74, 6) is 2.61. The lowest BCUT2D eigenvalue weighted by atomic mass is 9.95. The first-order valence-corrected chi connectivity index (χ1v) is 15.4.